The number of carbonyl (C=O) groups excluding carboxylic acids is 1. The molecule has 3 aromatic rings. The van der Waals surface area contributed by atoms with Crippen LogP contribution in [0.25, 0.3) is 11.3 Å². The number of hydrogen-bond donors (Lipinski definition) is 2. The molecule has 9 nitrogen and oxygen atoms in total. The molecule has 39 heavy (non-hydrogen) atoms. The molecule has 2 aromatic carbocycles. The van der Waals surface area contributed by atoms with E-state index in [4.69, 9.17) is 9.47 Å². The fourth-order valence-corrected chi connectivity index (χ4v) is 6.94. The number of pyridine rings is 1. The predicted octanol–water partition coefficient (Wildman–Crippen LogP) is 4.21. The topological polar surface area (TPSA) is 118 Å². The maximum atomic E-state index is 13.4. The maximum Gasteiger partial charge on any atom is 0.243 e. The molecule has 1 saturated heterocycles. The Morgan fingerprint density at radius 3 is 2.59 bits per heavy atom. The molecular weight excluding hydrogens is 518 g/mol. The van der Waals surface area contributed by atoms with Crippen molar-refractivity contribution >= 4 is 21.7 Å². The molecule has 0 bridgehead atoms. The zero-order valence-electron chi connectivity index (χ0n) is 22.1. The molecule has 1 atom stereocenters. The van der Waals surface area contributed by atoms with Crippen LogP contribution in [-0.2, 0) is 31.6 Å². The smallest absolute Gasteiger partial charge is 0.243 e. The molecule has 0 spiro atoms. The van der Waals surface area contributed by atoms with Crippen molar-refractivity contribution < 1.29 is 30.6 Å². The highest BCUT2D eigenvalue weighted by Crippen LogP contribution is 2.49. The first kappa shape index (κ1) is 27.3. The van der Waals surface area contributed by atoms with E-state index in [1.807, 2.05) is 30.3 Å². The number of benzene rings is 2. The molecule has 0 unspecified atom stereocenters. The van der Waals surface area contributed by atoms with Crippen molar-refractivity contribution in [2.75, 3.05) is 32.7 Å². The molecule has 1 aliphatic heterocycles. The quantitative estimate of drug-likeness (QED) is 0.385. The summed E-state index contributed by atoms with van der Waals surface area (Å²) in [7, 11) is -0.458. The van der Waals surface area contributed by atoms with E-state index in [-0.39, 0.29) is 26.3 Å². The molecule has 10 heteroatoms. The SMILES string of the molecule is COCc1cc(C2(C(=O)Nc3cccc(-c4ccc(S(=O)(=O)N5CCC[C@@H]5CO)cc4)n3)CC2)ccc1OC.[HH].[HH]. The van der Waals surface area contributed by atoms with Gasteiger partial charge in [0.25, 0.3) is 0 Å². The van der Waals surface area contributed by atoms with Gasteiger partial charge in [0.1, 0.15) is 11.6 Å². The first-order valence-electron chi connectivity index (χ1n) is 13.0. The summed E-state index contributed by atoms with van der Waals surface area (Å²) in [6.07, 6.45) is 2.87. The number of carbonyl (C=O) groups is 1. The molecule has 2 N–H and O–H groups in total. The first-order valence-corrected chi connectivity index (χ1v) is 14.4. The summed E-state index contributed by atoms with van der Waals surface area (Å²) in [5, 5.41) is 12.5. The summed E-state index contributed by atoms with van der Waals surface area (Å²) in [4.78, 5) is 18.2. The predicted molar refractivity (Wildman–Crippen MR) is 151 cm³/mol. The lowest BCUT2D eigenvalue weighted by Crippen LogP contribution is -2.37. The average molecular weight is 556 g/mol. The van der Waals surface area contributed by atoms with E-state index in [0.29, 0.717) is 31.1 Å². The lowest BCUT2D eigenvalue weighted by molar-refractivity contribution is -0.118. The third-order valence-corrected chi connectivity index (χ3v) is 9.56. The molecule has 2 heterocycles. The van der Waals surface area contributed by atoms with E-state index in [0.717, 1.165) is 41.7 Å². The van der Waals surface area contributed by atoms with Gasteiger partial charge < -0.3 is 19.9 Å². The largest absolute Gasteiger partial charge is 0.496 e. The minimum Gasteiger partial charge on any atom is -0.496 e. The van der Waals surface area contributed by atoms with Gasteiger partial charge in [-0.1, -0.05) is 24.3 Å². The third kappa shape index (κ3) is 5.29. The number of rotatable bonds is 10. The highest BCUT2D eigenvalue weighted by atomic mass is 32.2. The summed E-state index contributed by atoms with van der Waals surface area (Å²) in [5.74, 6) is 1.03. The van der Waals surface area contributed by atoms with Crippen LogP contribution < -0.4 is 10.1 Å². The number of nitrogens with one attached hydrogen (secondary N) is 1. The zero-order chi connectivity index (χ0) is 27.6. The van der Waals surface area contributed by atoms with Gasteiger partial charge in [-0.05, 0) is 67.6 Å². The second-order valence-electron chi connectivity index (χ2n) is 10.0. The summed E-state index contributed by atoms with van der Waals surface area (Å²) in [6, 6.07) is 17.3. The van der Waals surface area contributed by atoms with Crippen LogP contribution in [0.15, 0.2) is 65.6 Å². The fourth-order valence-electron chi connectivity index (χ4n) is 5.26. The van der Waals surface area contributed by atoms with E-state index in [9.17, 15) is 18.3 Å². The van der Waals surface area contributed by atoms with Gasteiger partial charge in [-0.2, -0.15) is 4.31 Å². The van der Waals surface area contributed by atoms with Crippen LogP contribution in [0.2, 0.25) is 0 Å². The summed E-state index contributed by atoms with van der Waals surface area (Å²) in [5.41, 5.74) is 2.53. The van der Waals surface area contributed by atoms with E-state index in [2.05, 4.69) is 10.3 Å². The number of sulfonamides is 1. The molecule has 5 rings (SSSR count). The molecule has 2 aliphatic rings. The molecule has 2 fully saturated rings. The summed E-state index contributed by atoms with van der Waals surface area (Å²) in [6.45, 7) is 0.608. The maximum absolute atomic E-state index is 13.4. The van der Waals surface area contributed by atoms with Crippen molar-refractivity contribution in [3.05, 3.63) is 71.8 Å². The number of ether oxygens (including phenoxy) is 2. The number of nitrogens with zero attached hydrogens (tertiary/aromatic N) is 2. The Bertz CT molecular complexity index is 1470. The Morgan fingerprint density at radius 2 is 1.92 bits per heavy atom. The van der Waals surface area contributed by atoms with Crippen LogP contribution in [-0.4, -0.2) is 62.1 Å². The highest BCUT2D eigenvalue weighted by Gasteiger charge is 2.51. The van der Waals surface area contributed by atoms with Crippen molar-refractivity contribution in [1.29, 1.82) is 0 Å². The second-order valence-corrected chi connectivity index (χ2v) is 11.9. The van der Waals surface area contributed by atoms with E-state index in [1.54, 1.807) is 44.6 Å². The fraction of sp³-hybridized carbons (Fsp3) is 0.379. The van der Waals surface area contributed by atoms with Crippen molar-refractivity contribution in [2.45, 2.75) is 48.6 Å². The van der Waals surface area contributed by atoms with Crippen molar-refractivity contribution in [2.24, 2.45) is 0 Å². The minimum atomic E-state index is -3.69. The first-order chi connectivity index (χ1) is 18.8. The number of aliphatic hydroxyl groups is 1. The standard InChI is InChI=1S/C29H33N3O6S.2H2/c1-37-19-21-17-22(10-13-26(21)38-2)29(14-15-29)28(34)31-27-7-3-6-25(30-27)20-8-11-24(12-9-20)39(35,36)32-16-4-5-23(32)18-33;;/h3,6-13,17,23,33H,4-5,14-16,18-19H2,1-2H3,(H,30,31,34);2*1H/t23-;;/m1../s1. The normalized spacial score (nSPS) is 18.6. The van der Waals surface area contributed by atoms with E-state index in [1.165, 1.54) is 4.31 Å². The van der Waals surface area contributed by atoms with Crippen LogP contribution in [0, 0.1) is 0 Å². The number of aliphatic hydroxyl groups excluding tert-OH is 1. The lowest BCUT2D eigenvalue weighted by atomic mass is 9.93. The summed E-state index contributed by atoms with van der Waals surface area (Å²) >= 11 is 0. The minimum absolute atomic E-state index is 0. The Labute approximate surface area is 231 Å². The van der Waals surface area contributed by atoms with Crippen LogP contribution in [0.3, 0.4) is 0 Å². The Hall–Kier alpha value is -3.31. The Morgan fingerprint density at radius 1 is 1.15 bits per heavy atom. The zero-order valence-corrected chi connectivity index (χ0v) is 22.9. The van der Waals surface area contributed by atoms with Gasteiger partial charge in [0.2, 0.25) is 15.9 Å². The second kappa shape index (κ2) is 11.1. The highest BCUT2D eigenvalue weighted by molar-refractivity contribution is 7.89. The van der Waals surface area contributed by atoms with Crippen molar-refractivity contribution in [1.82, 2.24) is 9.29 Å². The number of amides is 1. The van der Waals surface area contributed by atoms with Crippen LogP contribution in [0.4, 0.5) is 5.82 Å². The number of anilines is 1. The van der Waals surface area contributed by atoms with Gasteiger partial charge in [0, 0.05) is 33.7 Å². The Balaban J connectivity index is 0.00000231. The Kier molecular flexibility index (Phi) is 7.73. The number of hydrogen-bond acceptors (Lipinski definition) is 7. The number of methoxy groups -OCH3 is 2. The molecule has 1 amide bonds. The van der Waals surface area contributed by atoms with Crippen molar-refractivity contribution in [3.8, 4) is 17.0 Å². The monoisotopic (exact) mass is 555 g/mol. The van der Waals surface area contributed by atoms with Crippen LogP contribution in [0.1, 0.15) is 39.7 Å². The molecule has 210 valence electrons. The average Bonchev–Trinajstić information content (AvgIpc) is 3.62. The van der Waals surface area contributed by atoms with E-state index >= 15 is 0 Å². The molecule has 1 aliphatic carbocycles. The molecule has 1 aromatic heterocycles. The number of aromatic nitrogens is 1. The van der Waals surface area contributed by atoms with Gasteiger partial charge >= 0.3 is 0 Å². The van der Waals surface area contributed by atoms with E-state index < -0.39 is 15.4 Å². The van der Waals surface area contributed by atoms with Gasteiger partial charge in [-0.3, -0.25) is 4.79 Å². The van der Waals surface area contributed by atoms with Gasteiger partial charge in [-0.25, -0.2) is 13.4 Å². The summed E-state index contributed by atoms with van der Waals surface area (Å²) < 4.78 is 38.2. The van der Waals surface area contributed by atoms with Crippen LogP contribution in [0.5, 0.6) is 5.75 Å². The lowest BCUT2D eigenvalue weighted by Gasteiger charge is -2.22. The molecular formula is C29H37N3O6S. The van der Waals surface area contributed by atoms with Gasteiger partial charge in [-0.15, -0.1) is 0 Å². The van der Waals surface area contributed by atoms with Gasteiger partial charge in [0.05, 0.1) is 36.3 Å². The molecule has 1 saturated carbocycles. The molecule has 0 radical (unpaired) electrons. The third-order valence-electron chi connectivity index (χ3n) is 7.60. The van der Waals surface area contributed by atoms with Gasteiger partial charge in [0.15, 0.2) is 0 Å². The van der Waals surface area contributed by atoms with Crippen molar-refractivity contribution in [3.63, 3.8) is 0 Å². The van der Waals surface area contributed by atoms with Crippen LogP contribution >= 0.6 is 0 Å².